The number of hydrogen-bond acceptors (Lipinski definition) is 2. The van der Waals surface area contributed by atoms with Crippen molar-refractivity contribution in [1.29, 1.82) is 0 Å². The number of amides is 1. The number of aliphatic hydroxyl groups excluding tert-OH is 1. The largest absolute Gasteiger partial charge is 0.416 e. The smallest absolute Gasteiger partial charge is 0.396 e. The SMILES string of the molecule is CC(CO)CCCNC(=O)c1cc(C(F)(F)F)ccc1F. The minimum atomic E-state index is -4.63. The van der Waals surface area contributed by atoms with Gasteiger partial charge in [-0.05, 0) is 37.0 Å². The molecule has 118 valence electrons. The van der Waals surface area contributed by atoms with E-state index < -0.39 is 29.0 Å². The monoisotopic (exact) mass is 307 g/mol. The van der Waals surface area contributed by atoms with E-state index in [0.717, 1.165) is 0 Å². The molecule has 1 atom stereocenters. The Balaban J connectivity index is 2.65. The molecular formula is C14H17F4NO2. The average molecular weight is 307 g/mol. The van der Waals surface area contributed by atoms with Crippen LogP contribution in [-0.4, -0.2) is 24.2 Å². The van der Waals surface area contributed by atoms with Gasteiger partial charge in [0.1, 0.15) is 5.82 Å². The maximum Gasteiger partial charge on any atom is 0.416 e. The Morgan fingerprint density at radius 3 is 2.62 bits per heavy atom. The lowest BCUT2D eigenvalue weighted by Crippen LogP contribution is -2.26. The molecule has 1 aromatic rings. The predicted molar refractivity (Wildman–Crippen MR) is 69.2 cm³/mol. The average Bonchev–Trinajstić information content (AvgIpc) is 2.42. The Morgan fingerprint density at radius 2 is 2.05 bits per heavy atom. The Bertz CT molecular complexity index is 488. The van der Waals surface area contributed by atoms with Gasteiger partial charge in [-0.2, -0.15) is 13.2 Å². The summed E-state index contributed by atoms with van der Waals surface area (Å²) in [6.45, 7) is 2.06. The highest BCUT2D eigenvalue weighted by molar-refractivity contribution is 5.94. The third-order valence-electron chi connectivity index (χ3n) is 3.01. The number of aliphatic hydroxyl groups is 1. The zero-order chi connectivity index (χ0) is 16.0. The number of carbonyl (C=O) groups is 1. The molecule has 7 heteroatoms. The highest BCUT2D eigenvalue weighted by Crippen LogP contribution is 2.30. The summed E-state index contributed by atoms with van der Waals surface area (Å²) < 4.78 is 51.0. The molecule has 1 aromatic carbocycles. The van der Waals surface area contributed by atoms with Crippen LogP contribution in [0.15, 0.2) is 18.2 Å². The topological polar surface area (TPSA) is 49.3 Å². The van der Waals surface area contributed by atoms with Gasteiger partial charge in [0.15, 0.2) is 0 Å². The standard InChI is InChI=1S/C14H17F4NO2/c1-9(8-20)3-2-6-19-13(21)11-7-10(14(16,17)18)4-5-12(11)15/h4-5,7,9,20H,2-3,6,8H2,1H3,(H,19,21). The molecule has 1 amide bonds. The number of halogens is 4. The molecule has 0 radical (unpaired) electrons. The normalized spacial score (nSPS) is 13.0. The number of hydrogen-bond donors (Lipinski definition) is 2. The van der Waals surface area contributed by atoms with Crippen molar-refractivity contribution >= 4 is 5.91 Å². The van der Waals surface area contributed by atoms with Crippen LogP contribution in [0.1, 0.15) is 35.7 Å². The third kappa shape index (κ3) is 5.34. The summed E-state index contributed by atoms with van der Waals surface area (Å²) >= 11 is 0. The number of rotatable bonds is 6. The second-order valence-corrected chi connectivity index (χ2v) is 4.88. The van der Waals surface area contributed by atoms with Crippen molar-refractivity contribution in [3.8, 4) is 0 Å². The first-order valence-electron chi connectivity index (χ1n) is 6.51. The molecule has 0 aromatic heterocycles. The number of nitrogens with one attached hydrogen (secondary N) is 1. The van der Waals surface area contributed by atoms with E-state index in [4.69, 9.17) is 5.11 Å². The molecule has 0 aliphatic rings. The fourth-order valence-corrected chi connectivity index (χ4v) is 1.71. The molecule has 1 rings (SSSR count). The van der Waals surface area contributed by atoms with Crippen molar-refractivity contribution in [2.75, 3.05) is 13.2 Å². The van der Waals surface area contributed by atoms with Crippen molar-refractivity contribution < 1.29 is 27.5 Å². The maximum atomic E-state index is 13.4. The van der Waals surface area contributed by atoms with Gasteiger partial charge in [-0.3, -0.25) is 4.79 Å². The van der Waals surface area contributed by atoms with E-state index >= 15 is 0 Å². The van der Waals surface area contributed by atoms with Crippen LogP contribution in [0.4, 0.5) is 17.6 Å². The Morgan fingerprint density at radius 1 is 1.38 bits per heavy atom. The Hall–Kier alpha value is -1.63. The van der Waals surface area contributed by atoms with Gasteiger partial charge in [-0.1, -0.05) is 6.92 Å². The van der Waals surface area contributed by atoms with Gasteiger partial charge in [0, 0.05) is 13.2 Å². The second kappa shape index (κ2) is 7.40. The molecule has 0 aliphatic heterocycles. The molecule has 0 spiro atoms. The van der Waals surface area contributed by atoms with E-state index in [-0.39, 0.29) is 19.1 Å². The van der Waals surface area contributed by atoms with Gasteiger partial charge in [-0.15, -0.1) is 0 Å². The summed E-state index contributed by atoms with van der Waals surface area (Å²) in [5, 5.41) is 11.2. The lowest BCUT2D eigenvalue weighted by atomic mass is 10.1. The summed E-state index contributed by atoms with van der Waals surface area (Å²) in [5.41, 5.74) is -1.69. The van der Waals surface area contributed by atoms with Crippen LogP contribution in [0.2, 0.25) is 0 Å². The quantitative estimate of drug-likeness (QED) is 0.627. The summed E-state index contributed by atoms with van der Waals surface area (Å²) in [6.07, 6.45) is -3.42. The van der Waals surface area contributed by atoms with Gasteiger partial charge < -0.3 is 10.4 Å². The molecule has 0 aliphatic carbocycles. The van der Waals surface area contributed by atoms with Crippen LogP contribution in [0.5, 0.6) is 0 Å². The zero-order valence-corrected chi connectivity index (χ0v) is 11.5. The molecule has 21 heavy (non-hydrogen) atoms. The second-order valence-electron chi connectivity index (χ2n) is 4.88. The van der Waals surface area contributed by atoms with Crippen LogP contribution in [0, 0.1) is 11.7 Å². The fourth-order valence-electron chi connectivity index (χ4n) is 1.71. The van der Waals surface area contributed by atoms with Crippen molar-refractivity contribution in [2.24, 2.45) is 5.92 Å². The minimum absolute atomic E-state index is 0.0240. The lowest BCUT2D eigenvalue weighted by molar-refractivity contribution is -0.137. The molecule has 0 heterocycles. The molecular weight excluding hydrogens is 290 g/mol. The molecule has 0 saturated heterocycles. The summed E-state index contributed by atoms with van der Waals surface area (Å²) in [7, 11) is 0. The van der Waals surface area contributed by atoms with Crippen LogP contribution in [0.3, 0.4) is 0 Å². The van der Waals surface area contributed by atoms with Crippen LogP contribution in [-0.2, 0) is 6.18 Å². The Kier molecular flexibility index (Phi) is 6.14. The summed E-state index contributed by atoms with van der Waals surface area (Å²) in [5.74, 6) is -1.80. The molecule has 1 unspecified atom stereocenters. The van der Waals surface area contributed by atoms with E-state index in [9.17, 15) is 22.4 Å². The first-order valence-corrected chi connectivity index (χ1v) is 6.51. The van der Waals surface area contributed by atoms with Gasteiger partial charge in [0.05, 0.1) is 11.1 Å². The fraction of sp³-hybridized carbons (Fsp3) is 0.500. The van der Waals surface area contributed by atoms with Crippen molar-refractivity contribution in [2.45, 2.75) is 25.9 Å². The van der Waals surface area contributed by atoms with E-state index in [1.54, 1.807) is 0 Å². The first kappa shape index (κ1) is 17.4. The van der Waals surface area contributed by atoms with E-state index in [0.29, 0.717) is 31.0 Å². The lowest BCUT2D eigenvalue weighted by Gasteiger charge is -2.11. The molecule has 0 bridgehead atoms. The highest BCUT2D eigenvalue weighted by Gasteiger charge is 2.31. The first-order chi connectivity index (χ1) is 9.75. The summed E-state index contributed by atoms with van der Waals surface area (Å²) in [4.78, 5) is 11.7. The van der Waals surface area contributed by atoms with Crippen molar-refractivity contribution in [3.63, 3.8) is 0 Å². The van der Waals surface area contributed by atoms with Crippen molar-refractivity contribution in [1.82, 2.24) is 5.32 Å². The van der Waals surface area contributed by atoms with Crippen LogP contribution >= 0.6 is 0 Å². The van der Waals surface area contributed by atoms with Gasteiger partial charge in [-0.25, -0.2) is 4.39 Å². The molecule has 2 N–H and O–H groups in total. The van der Waals surface area contributed by atoms with Gasteiger partial charge in [0.25, 0.3) is 5.91 Å². The van der Waals surface area contributed by atoms with E-state index in [1.807, 2.05) is 6.92 Å². The zero-order valence-electron chi connectivity index (χ0n) is 11.5. The molecule has 3 nitrogen and oxygen atoms in total. The number of benzene rings is 1. The molecule has 0 saturated carbocycles. The Labute approximate surface area is 120 Å². The van der Waals surface area contributed by atoms with E-state index in [1.165, 1.54) is 0 Å². The van der Waals surface area contributed by atoms with Gasteiger partial charge in [0.2, 0.25) is 0 Å². The van der Waals surface area contributed by atoms with Crippen LogP contribution in [0.25, 0.3) is 0 Å². The number of alkyl halides is 3. The molecule has 0 fully saturated rings. The minimum Gasteiger partial charge on any atom is -0.396 e. The predicted octanol–water partition coefficient (Wildman–Crippen LogP) is 2.98. The van der Waals surface area contributed by atoms with E-state index in [2.05, 4.69) is 5.32 Å². The van der Waals surface area contributed by atoms with Crippen molar-refractivity contribution in [3.05, 3.63) is 35.1 Å². The van der Waals surface area contributed by atoms with Gasteiger partial charge >= 0.3 is 6.18 Å². The maximum absolute atomic E-state index is 13.4. The third-order valence-corrected chi connectivity index (χ3v) is 3.01. The van der Waals surface area contributed by atoms with Crippen LogP contribution < -0.4 is 5.32 Å². The highest BCUT2D eigenvalue weighted by atomic mass is 19.4. The number of carbonyl (C=O) groups excluding carboxylic acids is 1. The summed E-state index contributed by atoms with van der Waals surface area (Å²) in [6, 6.07) is 1.72.